The molecule has 2 heteroatoms. The van der Waals surface area contributed by atoms with Gasteiger partial charge in [-0.25, -0.2) is 4.89 Å². The molecule has 0 radical (unpaired) electrons. The summed E-state index contributed by atoms with van der Waals surface area (Å²) in [5, 5.41) is 8.32. The van der Waals surface area contributed by atoms with Crippen LogP contribution in [0.25, 0.3) is 0 Å². The minimum Gasteiger partial charge on any atom is -0.251 e. The third kappa shape index (κ3) is 1.69. The van der Waals surface area contributed by atoms with Gasteiger partial charge in [0, 0.05) is 0 Å². The molecule has 0 spiro atoms. The Balaban J connectivity index is 2.45. The van der Waals surface area contributed by atoms with Crippen LogP contribution in [0.15, 0.2) is 24.8 Å². The predicted octanol–water partition coefficient (Wildman–Crippen LogP) is 2.00. The highest BCUT2D eigenvalue weighted by Crippen LogP contribution is 2.20. The first-order valence-electron chi connectivity index (χ1n) is 3.46. The van der Waals surface area contributed by atoms with Crippen LogP contribution in [-0.4, -0.2) is 11.4 Å². The van der Waals surface area contributed by atoms with Crippen LogP contribution < -0.4 is 0 Å². The van der Waals surface area contributed by atoms with Crippen molar-refractivity contribution in [2.75, 3.05) is 0 Å². The molecule has 2 nitrogen and oxygen atoms in total. The number of hydrogen-bond donors (Lipinski definition) is 1. The van der Waals surface area contributed by atoms with Gasteiger partial charge >= 0.3 is 0 Å². The van der Waals surface area contributed by atoms with Crippen LogP contribution in [0.5, 0.6) is 0 Å². The summed E-state index contributed by atoms with van der Waals surface area (Å²) in [6.07, 6.45) is 7.52. The van der Waals surface area contributed by atoms with Gasteiger partial charge in [-0.3, -0.25) is 5.26 Å². The molecule has 0 aliphatic heterocycles. The van der Waals surface area contributed by atoms with Crippen molar-refractivity contribution < 1.29 is 10.1 Å². The lowest BCUT2D eigenvalue weighted by Gasteiger charge is -2.18. The molecule has 1 aliphatic rings. The lowest BCUT2D eigenvalue weighted by Crippen LogP contribution is -2.15. The van der Waals surface area contributed by atoms with Crippen LogP contribution in [-0.2, 0) is 4.89 Å². The van der Waals surface area contributed by atoms with Crippen LogP contribution >= 0.6 is 0 Å². The third-order valence-electron chi connectivity index (χ3n) is 1.79. The van der Waals surface area contributed by atoms with Crippen molar-refractivity contribution in [3.8, 4) is 0 Å². The second kappa shape index (κ2) is 3.54. The van der Waals surface area contributed by atoms with Gasteiger partial charge in [0.1, 0.15) is 6.10 Å². The maximum absolute atomic E-state index is 8.32. The van der Waals surface area contributed by atoms with E-state index < -0.39 is 0 Å². The molecule has 2 unspecified atom stereocenters. The van der Waals surface area contributed by atoms with Crippen molar-refractivity contribution in [2.45, 2.75) is 18.9 Å². The molecule has 0 aromatic heterocycles. The molecule has 0 heterocycles. The van der Waals surface area contributed by atoms with Crippen molar-refractivity contribution in [2.24, 2.45) is 5.92 Å². The topological polar surface area (TPSA) is 29.5 Å². The van der Waals surface area contributed by atoms with Gasteiger partial charge in [0.05, 0.1) is 0 Å². The van der Waals surface area contributed by atoms with Crippen molar-refractivity contribution >= 4 is 0 Å². The molecule has 0 bridgehead atoms. The second-order valence-corrected chi connectivity index (χ2v) is 2.54. The first kappa shape index (κ1) is 7.51. The van der Waals surface area contributed by atoms with Crippen molar-refractivity contribution in [1.29, 1.82) is 0 Å². The van der Waals surface area contributed by atoms with E-state index in [0.717, 1.165) is 12.8 Å². The summed E-state index contributed by atoms with van der Waals surface area (Å²) in [5.74, 6) is 0.460. The summed E-state index contributed by atoms with van der Waals surface area (Å²) in [7, 11) is 0. The molecule has 1 rings (SSSR count). The van der Waals surface area contributed by atoms with Crippen LogP contribution in [0.1, 0.15) is 12.8 Å². The summed E-state index contributed by atoms with van der Waals surface area (Å²) >= 11 is 0. The van der Waals surface area contributed by atoms with Crippen LogP contribution in [0, 0.1) is 5.92 Å². The van der Waals surface area contributed by atoms with Crippen LogP contribution in [0.3, 0.4) is 0 Å². The summed E-state index contributed by atoms with van der Waals surface area (Å²) in [6, 6.07) is 0. The minimum atomic E-state index is -0.128. The van der Waals surface area contributed by atoms with E-state index in [1.807, 2.05) is 18.2 Å². The molecular formula is C8H12O2. The maximum Gasteiger partial charge on any atom is 0.111 e. The lowest BCUT2D eigenvalue weighted by atomic mass is 9.93. The molecule has 0 aromatic carbocycles. The van der Waals surface area contributed by atoms with E-state index in [1.165, 1.54) is 0 Å². The molecule has 0 fully saturated rings. The molecule has 1 N–H and O–H groups in total. The molecule has 2 atom stereocenters. The van der Waals surface area contributed by atoms with Crippen molar-refractivity contribution in [3.05, 3.63) is 24.8 Å². The smallest absolute Gasteiger partial charge is 0.111 e. The van der Waals surface area contributed by atoms with E-state index in [-0.39, 0.29) is 6.10 Å². The Morgan fingerprint density at radius 3 is 3.10 bits per heavy atom. The standard InChI is InChI=1S/C8H12O2/c1-2-7-4-3-5-8(6-7)10-9/h2-3,5,7-9H,1,4,6H2. The Labute approximate surface area is 60.7 Å². The fourth-order valence-electron chi connectivity index (χ4n) is 1.15. The predicted molar refractivity (Wildman–Crippen MR) is 39.6 cm³/mol. The zero-order valence-corrected chi connectivity index (χ0v) is 5.86. The second-order valence-electron chi connectivity index (χ2n) is 2.54. The van der Waals surface area contributed by atoms with Gasteiger partial charge in [-0.2, -0.15) is 0 Å². The number of hydrogen-bond acceptors (Lipinski definition) is 2. The summed E-state index contributed by atoms with van der Waals surface area (Å²) < 4.78 is 0. The van der Waals surface area contributed by atoms with Gasteiger partial charge < -0.3 is 0 Å². The monoisotopic (exact) mass is 140 g/mol. The Morgan fingerprint density at radius 2 is 2.50 bits per heavy atom. The van der Waals surface area contributed by atoms with Crippen molar-refractivity contribution in [1.82, 2.24) is 0 Å². The lowest BCUT2D eigenvalue weighted by molar-refractivity contribution is -0.269. The summed E-state index contributed by atoms with van der Waals surface area (Å²) in [6.45, 7) is 3.68. The van der Waals surface area contributed by atoms with Gasteiger partial charge in [-0.1, -0.05) is 18.2 Å². The highest BCUT2D eigenvalue weighted by atomic mass is 17.1. The Bertz CT molecular complexity index is 140. The Morgan fingerprint density at radius 1 is 1.70 bits per heavy atom. The van der Waals surface area contributed by atoms with Gasteiger partial charge in [-0.05, 0) is 18.8 Å². The quantitative estimate of drug-likeness (QED) is 0.361. The zero-order chi connectivity index (χ0) is 7.40. The van der Waals surface area contributed by atoms with Gasteiger partial charge in [0.25, 0.3) is 0 Å². The minimum absolute atomic E-state index is 0.128. The number of allylic oxidation sites excluding steroid dienone is 2. The molecule has 1 aliphatic carbocycles. The highest BCUT2D eigenvalue weighted by Gasteiger charge is 2.14. The molecule has 0 saturated carbocycles. The van der Waals surface area contributed by atoms with E-state index >= 15 is 0 Å². The molecular weight excluding hydrogens is 128 g/mol. The summed E-state index contributed by atoms with van der Waals surface area (Å²) in [5.41, 5.74) is 0. The zero-order valence-electron chi connectivity index (χ0n) is 5.86. The van der Waals surface area contributed by atoms with E-state index in [2.05, 4.69) is 11.5 Å². The molecule has 10 heavy (non-hydrogen) atoms. The highest BCUT2D eigenvalue weighted by molar-refractivity contribution is 5.01. The number of rotatable bonds is 2. The third-order valence-corrected chi connectivity index (χ3v) is 1.79. The van der Waals surface area contributed by atoms with E-state index in [1.54, 1.807) is 0 Å². The van der Waals surface area contributed by atoms with E-state index in [0.29, 0.717) is 5.92 Å². The largest absolute Gasteiger partial charge is 0.251 e. The first-order chi connectivity index (χ1) is 4.86. The molecule has 56 valence electrons. The van der Waals surface area contributed by atoms with Crippen LogP contribution in [0.2, 0.25) is 0 Å². The summed E-state index contributed by atoms with van der Waals surface area (Å²) in [4.78, 5) is 4.19. The average Bonchev–Trinajstić information content (AvgIpc) is 2.05. The van der Waals surface area contributed by atoms with E-state index in [4.69, 9.17) is 5.26 Å². The first-order valence-corrected chi connectivity index (χ1v) is 3.46. The fraction of sp³-hybridized carbons (Fsp3) is 0.500. The normalized spacial score (nSPS) is 32.1. The van der Waals surface area contributed by atoms with Crippen LogP contribution in [0.4, 0.5) is 0 Å². The molecule has 0 amide bonds. The van der Waals surface area contributed by atoms with Gasteiger partial charge in [-0.15, -0.1) is 6.58 Å². The Hall–Kier alpha value is -0.600. The van der Waals surface area contributed by atoms with E-state index in [9.17, 15) is 0 Å². The van der Waals surface area contributed by atoms with Gasteiger partial charge in [0.15, 0.2) is 0 Å². The molecule has 0 aromatic rings. The van der Waals surface area contributed by atoms with Crippen molar-refractivity contribution in [3.63, 3.8) is 0 Å². The SMILES string of the molecule is C=CC1CC=CC(OO)C1. The average molecular weight is 140 g/mol. The Kier molecular flexibility index (Phi) is 2.66. The maximum atomic E-state index is 8.32. The molecule has 0 saturated heterocycles. The fourth-order valence-corrected chi connectivity index (χ4v) is 1.15. The van der Waals surface area contributed by atoms with Gasteiger partial charge in [0.2, 0.25) is 0 Å².